The molecule has 8 heteroatoms. The van der Waals surface area contributed by atoms with Crippen LogP contribution in [0.25, 0.3) is 11.6 Å². The smallest absolute Gasteiger partial charge is 0.246 e. The van der Waals surface area contributed by atoms with Gasteiger partial charge in [-0.2, -0.15) is 4.98 Å². The maximum Gasteiger partial charge on any atom is 0.246 e. The van der Waals surface area contributed by atoms with Crippen LogP contribution in [-0.2, 0) is 11.3 Å². The number of rotatable bonds is 6. The van der Waals surface area contributed by atoms with Crippen molar-refractivity contribution < 1.29 is 9.32 Å². The molecule has 2 aromatic rings. The summed E-state index contributed by atoms with van der Waals surface area (Å²) in [4.78, 5) is 26.6. The average Bonchev–Trinajstić information content (AvgIpc) is 3.08. The van der Waals surface area contributed by atoms with E-state index in [0.29, 0.717) is 29.9 Å². The highest BCUT2D eigenvalue weighted by atomic mass is 16.5. The van der Waals surface area contributed by atoms with E-state index in [1.807, 2.05) is 0 Å². The molecule has 3 heterocycles. The first-order valence-electron chi connectivity index (χ1n) is 8.26. The van der Waals surface area contributed by atoms with Gasteiger partial charge in [0.25, 0.3) is 0 Å². The van der Waals surface area contributed by atoms with Crippen LogP contribution in [0.4, 0.5) is 0 Å². The number of hydrogen-bond donors (Lipinski definition) is 1. The first-order valence-corrected chi connectivity index (χ1v) is 8.26. The molecule has 1 saturated heterocycles. The van der Waals surface area contributed by atoms with Crippen LogP contribution in [0.1, 0.15) is 31.6 Å². The molecule has 1 aliphatic rings. The molecule has 24 heavy (non-hydrogen) atoms. The van der Waals surface area contributed by atoms with Gasteiger partial charge < -0.3 is 14.7 Å². The molecule has 0 unspecified atom stereocenters. The molecule has 1 atom stereocenters. The highest BCUT2D eigenvalue weighted by molar-refractivity contribution is 5.75. The zero-order valence-corrected chi connectivity index (χ0v) is 13.8. The second kappa shape index (κ2) is 7.96. The van der Waals surface area contributed by atoms with Crippen LogP contribution in [-0.4, -0.2) is 51.1 Å². The lowest BCUT2D eigenvalue weighted by molar-refractivity contribution is -0.121. The van der Waals surface area contributed by atoms with Crippen LogP contribution in [0.5, 0.6) is 0 Å². The predicted molar refractivity (Wildman–Crippen MR) is 86.6 cm³/mol. The van der Waals surface area contributed by atoms with Gasteiger partial charge in [0.05, 0.1) is 6.54 Å². The lowest BCUT2D eigenvalue weighted by atomic mass is 9.93. The highest BCUT2D eigenvalue weighted by Gasteiger charge is 2.18. The summed E-state index contributed by atoms with van der Waals surface area (Å²) in [7, 11) is 2.13. The number of nitrogens with zero attached hydrogens (tertiary/aromatic N) is 5. The van der Waals surface area contributed by atoms with E-state index in [2.05, 4.69) is 37.4 Å². The summed E-state index contributed by atoms with van der Waals surface area (Å²) < 4.78 is 5.12. The van der Waals surface area contributed by atoms with E-state index in [0.717, 1.165) is 19.5 Å². The van der Waals surface area contributed by atoms with Crippen molar-refractivity contribution in [1.29, 1.82) is 0 Å². The second-order valence-electron chi connectivity index (χ2n) is 6.17. The Labute approximate surface area is 140 Å². The van der Waals surface area contributed by atoms with E-state index in [4.69, 9.17) is 4.52 Å². The van der Waals surface area contributed by atoms with Crippen molar-refractivity contribution in [3.63, 3.8) is 0 Å². The topological polar surface area (TPSA) is 97.0 Å². The summed E-state index contributed by atoms with van der Waals surface area (Å²) >= 11 is 0. The van der Waals surface area contributed by atoms with E-state index >= 15 is 0 Å². The minimum atomic E-state index is 0.0129. The van der Waals surface area contributed by atoms with Crippen molar-refractivity contribution >= 4 is 5.91 Å². The molecular weight excluding hydrogens is 308 g/mol. The van der Waals surface area contributed by atoms with Crippen molar-refractivity contribution in [2.24, 2.45) is 5.92 Å². The van der Waals surface area contributed by atoms with Crippen molar-refractivity contribution in [3.8, 4) is 11.6 Å². The maximum absolute atomic E-state index is 12.0. The van der Waals surface area contributed by atoms with Gasteiger partial charge in [0.2, 0.25) is 23.4 Å². The monoisotopic (exact) mass is 330 g/mol. The molecule has 0 radical (unpaired) electrons. The number of carbonyl (C=O) groups excluding carboxylic acids is 1. The van der Waals surface area contributed by atoms with Crippen molar-refractivity contribution in [2.45, 2.75) is 32.2 Å². The maximum atomic E-state index is 12.0. The number of carbonyl (C=O) groups is 1. The molecule has 1 amide bonds. The van der Waals surface area contributed by atoms with Gasteiger partial charge in [0, 0.05) is 25.4 Å². The Bertz CT molecular complexity index is 660. The van der Waals surface area contributed by atoms with Gasteiger partial charge in [-0.25, -0.2) is 9.97 Å². The first kappa shape index (κ1) is 16.5. The summed E-state index contributed by atoms with van der Waals surface area (Å²) in [5, 5.41) is 6.65. The Kier molecular flexibility index (Phi) is 5.47. The summed E-state index contributed by atoms with van der Waals surface area (Å²) in [5.74, 6) is 1.70. The number of likely N-dealkylation sites (tertiary alicyclic amines) is 1. The minimum absolute atomic E-state index is 0.0129. The van der Waals surface area contributed by atoms with Gasteiger partial charge >= 0.3 is 0 Å². The summed E-state index contributed by atoms with van der Waals surface area (Å²) in [6, 6.07) is 1.72. The molecule has 2 aromatic heterocycles. The molecule has 0 bridgehead atoms. The molecule has 0 aliphatic carbocycles. The fraction of sp³-hybridized carbons (Fsp3) is 0.562. The van der Waals surface area contributed by atoms with E-state index in [9.17, 15) is 4.79 Å². The van der Waals surface area contributed by atoms with Gasteiger partial charge in [-0.05, 0) is 44.8 Å². The molecule has 0 aromatic carbocycles. The lowest BCUT2D eigenvalue weighted by Crippen LogP contribution is -2.33. The number of nitrogens with one attached hydrogen (secondary N) is 1. The van der Waals surface area contributed by atoms with E-state index < -0.39 is 0 Å². The fourth-order valence-electron chi connectivity index (χ4n) is 2.94. The fourth-order valence-corrected chi connectivity index (χ4v) is 2.94. The molecule has 8 nitrogen and oxygen atoms in total. The Hall–Kier alpha value is -2.35. The lowest BCUT2D eigenvalue weighted by Gasteiger charge is -2.29. The molecule has 128 valence electrons. The van der Waals surface area contributed by atoms with Gasteiger partial charge in [-0.1, -0.05) is 5.16 Å². The quantitative estimate of drug-likeness (QED) is 0.851. The van der Waals surface area contributed by atoms with Gasteiger partial charge in [-0.15, -0.1) is 0 Å². The molecule has 0 saturated carbocycles. The zero-order chi connectivity index (χ0) is 16.8. The third kappa shape index (κ3) is 4.58. The molecule has 1 N–H and O–H groups in total. The van der Waals surface area contributed by atoms with Crippen LogP contribution in [0.3, 0.4) is 0 Å². The van der Waals surface area contributed by atoms with Gasteiger partial charge in [0.15, 0.2) is 0 Å². The SMILES string of the molecule is CN1CCC[C@H](CCC(=O)NCc2nc(-c3ncccn3)no2)C1. The molecule has 1 aliphatic heterocycles. The van der Waals surface area contributed by atoms with Crippen LogP contribution in [0, 0.1) is 5.92 Å². The average molecular weight is 330 g/mol. The van der Waals surface area contributed by atoms with Crippen molar-refractivity contribution in [3.05, 3.63) is 24.4 Å². The van der Waals surface area contributed by atoms with Crippen molar-refractivity contribution in [1.82, 2.24) is 30.3 Å². The Balaban J connectivity index is 1.42. The van der Waals surface area contributed by atoms with E-state index in [1.165, 1.54) is 12.8 Å². The number of piperidine rings is 1. The molecule has 3 rings (SSSR count). The van der Waals surface area contributed by atoms with E-state index in [1.54, 1.807) is 18.5 Å². The normalized spacial score (nSPS) is 18.5. The summed E-state index contributed by atoms with van der Waals surface area (Å²) in [6.45, 7) is 2.47. The minimum Gasteiger partial charge on any atom is -0.347 e. The largest absolute Gasteiger partial charge is 0.347 e. The van der Waals surface area contributed by atoms with Crippen LogP contribution in [0.2, 0.25) is 0 Å². The first-order chi connectivity index (χ1) is 11.7. The van der Waals surface area contributed by atoms with Gasteiger partial charge in [0.1, 0.15) is 0 Å². The zero-order valence-electron chi connectivity index (χ0n) is 13.8. The van der Waals surface area contributed by atoms with Crippen LogP contribution in [0.15, 0.2) is 23.0 Å². The van der Waals surface area contributed by atoms with E-state index in [-0.39, 0.29) is 12.5 Å². The van der Waals surface area contributed by atoms with Crippen LogP contribution < -0.4 is 5.32 Å². The summed E-state index contributed by atoms with van der Waals surface area (Å²) in [6.07, 6.45) is 7.10. The van der Waals surface area contributed by atoms with Crippen LogP contribution >= 0.6 is 0 Å². The predicted octanol–water partition coefficient (Wildman–Crippen LogP) is 1.26. The van der Waals surface area contributed by atoms with Gasteiger partial charge in [-0.3, -0.25) is 4.79 Å². The third-order valence-electron chi connectivity index (χ3n) is 4.17. The Morgan fingerprint density at radius 3 is 3.00 bits per heavy atom. The Morgan fingerprint density at radius 2 is 2.21 bits per heavy atom. The third-order valence-corrected chi connectivity index (χ3v) is 4.17. The summed E-state index contributed by atoms with van der Waals surface area (Å²) in [5.41, 5.74) is 0. The molecular formula is C16H22N6O2. The number of hydrogen-bond acceptors (Lipinski definition) is 7. The van der Waals surface area contributed by atoms with Crippen molar-refractivity contribution in [2.75, 3.05) is 20.1 Å². The Morgan fingerprint density at radius 1 is 1.38 bits per heavy atom. The number of amides is 1. The molecule has 0 spiro atoms. The molecule has 1 fully saturated rings. The highest BCUT2D eigenvalue weighted by Crippen LogP contribution is 2.19. The number of aromatic nitrogens is 4. The standard InChI is InChI=1S/C16H22N6O2/c1-22-9-2-4-12(11-22)5-6-13(23)19-10-14-20-16(21-24-14)15-17-7-3-8-18-15/h3,7-8,12H,2,4-6,9-11H2,1H3,(H,19,23)/t12-/m1/s1. The second-order valence-corrected chi connectivity index (χ2v) is 6.17.